The number of phenols is 1. The van der Waals surface area contributed by atoms with Gasteiger partial charge in [-0.3, -0.25) is 0 Å². The predicted octanol–water partition coefficient (Wildman–Crippen LogP) is 0.836. The van der Waals surface area contributed by atoms with E-state index < -0.39 is 0 Å². The van der Waals surface area contributed by atoms with Crippen molar-refractivity contribution < 1.29 is 5.11 Å². The molecule has 0 fully saturated rings. The third kappa shape index (κ3) is 2.28. The average Bonchev–Trinajstić information content (AvgIpc) is 2.66. The molecule has 0 spiro atoms. The number of aromatic hydroxyl groups is 1. The monoisotopic (exact) mass is 219 g/mol. The summed E-state index contributed by atoms with van der Waals surface area (Å²) in [5, 5.41) is 24.2. The number of hydrogen-bond acceptors (Lipinski definition) is 5. The van der Waals surface area contributed by atoms with Gasteiger partial charge in [-0.25, -0.2) is 0 Å². The summed E-state index contributed by atoms with van der Waals surface area (Å²) in [7, 11) is 1.71. The van der Waals surface area contributed by atoms with Gasteiger partial charge in [-0.2, -0.15) is 4.80 Å². The Bertz CT molecular complexity index is 494. The summed E-state index contributed by atoms with van der Waals surface area (Å²) in [5.41, 5.74) is 1.75. The Hall–Kier alpha value is -2.11. The van der Waals surface area contributed by atoms with Crippen molar-refractivity contribution in [3.63, 3.8) is 0 Å². The van der Waals surface area contributed by atoms with E-state index in [2.05, 4.69) is 20.7 Å². The molecule has 6 nitrogen and oxygen atoms in total. The molecule has 0 saturated heterocycles. The highest BCUT2D eigenvalue weighted by molar-refractivity contribution is 5.56. The van der Waals surface area contributed by atoms with Gasteiger partial charge in [0.1, 0.15) is 5.75 Å². The van der Waals surface area contributed by atoms with Crippen LogP contribution < -0.4 is 5.32 Å². The lowest BCUT2D eigenvalue weighted by molar-refractivity contribution is 0.477. The quantitative estimate of drug-likeness (QED) is 0.748. The van der Waals surface area contributed by atoms with Crippen LogP contribution in [0.15, 0.2) is 18.2 Å². The molecular weight excluding hydrogens is 206 g/mol. The van der Waals surface area contributed by atoms with Crippen molar-refractivity contribution >= 4 is 5.69 Å². The van der Waals surface area contributed by atoms with Gasteiger partial charge in [0.25, 0.3) is 0 Å². The minimum Gasteiger partial charge on any atom is -0.506 e. The minimum absolute atomic E-state index is 0.217. The van der Waals surface area contributed by atoms with Crippen LogP contribution >= 0.6 is 0 Å². The zero-order valence-electron chi connectivity index (χ0n) is 9.18. The maximum atomic E-state index is 9.59. The van der Waals surface area contributed by atoms with Gasteiger partial charge in [0, 0.05) is 0 Å². The second-order valence-corrected chi connectivity index (χ2v) is 3.57. The van der Waals surface area contributed by atoms with Gasteiger partial charge in [-0.15, -0.1) is 10.2 Å². The number of benzene rings is 1. The van der Waals surface area contributed by atoms with Crippen LogP contribution in [0.25, 0.3) is 0 Å². The van der Waals surface area contributed by atoms with Crippen molar-refractivity contribution in [1.82, 2.24) is 20.2 Å². The van der Waals surface area contributed by atoms with Crippen LogP contribution in [0.3, 0.4) is 0 Å². The predicted molar refractivity (Wildman–Crippen MR) is 59.0 cm³/mol. The van der Waals surface area contributed by atoms with Crippen molar-refractivity contribution in [2.75, 3.05) is 5.32 Å². The first-order valence-corrected chi connectivity index (χ1v) is 4.91. The lowest BCUT2D eigenvalue weighted by atomic mass is 10.2. The van der Waals surface area contributed by atoms with E-state index in [1.54, 1.807) is 13.1 Å². The summed E-state index contributed by atoms with van der Waals surface area (Å²) in [6.45, 7) is 2.40. The molecule has 1 aromatic carbocycles. The minimum atomic E-state index is 0.217. The molecule has 0 bridgehead atoms. The first-order valence-electron chi connectivity index (χ1n) is 4.91. The molecule has 84 valence electrons. The Labute approximate surface area is 92.9 Å². The van der Waals surface area contributed by atoms with Crippen LogP contribution in [-0.2, 0) is 13.6 Å². The summed E-state index contributed by atoms with van der Waals surface area (Å²) in [6, 6.07) is 5.37. The molecule has 2 N–H and O–H groups in total. The normalized spacial score (nSPS) is 10.4. The molecule has 0 aliphatic rings. The number of rotatable bonds is 3. The van der Waals surface area contributed by atoms with E-state index in [0.29, 0.717) is 18.1 Å². The fraction of sp³-hybridized carbons (Fsp3) is 0.300. The molecule has 0 atom stereocenters. The molecule has 2 aromatic rings. The molecule has 6 heteroatoms. The number of phenolic OH excluding ortho intramolecular Hbond substituents is 1. The van der Waals surface area contributed by atoms with E-state index in [9.17, 15) is 5.11 Å². The average molecular weight is 219 g/mol. The van der Waals surface area contributed by atoms with Crippen molar-refractivity contribution in [3.8, 4) is 5.75 Å². The van der Waals surface area contributed by atoms with Crippen molar-refractivity contribution in [1.29, 1.82) is 0 Å². The maximum absolute atomic E-state index is 9.59. The second-order valence-electron chi connectivity index (χ2n) is 3.57. The van der Waals surface area contributed by atoms with Crippen molar-refractivity contribution in [2.24, 2.45) is 7.05 Å². The van der Waals surface area contributed by atoms with E-state index in [-0.39, 0.29) is 5.75 Å². The standard InChI is InChI=1S/C10H13N5O/c1-7-3-4-9(16)8(5-7)11-6-10-12-14-15(2)13-10/h3-5,11,16H,6H2,1-2H3. The summed E-state index contributed by atoms with van der Waals surface area (Å²) < 4.78 is 0. The maximum Gasteiger partial charge on any atom is 0.193 e. The highest BCUT2D eigenvalue weighted by atomic mass is 16.3. The van der Waals surface area contributed by atoms with Crippen LogP contribution in [0.1, 0.15) is 11.4 Å². The van der Waals surface area contributed by atoms with Gasteiger partial charge in [0.2, 0.25) is 0 Å². The third-order valence-corrected chi connectivity index (χ3v) is 2.14. The Morgan fingerprint density at radius 3 is 2.94 bits per heavy atom. The van der Waals surface area contributed by atoms with Crippen LogP contribution in [-0.4, -0.2) is 25.3 Å². The topological polar surface area (TPSA) is 75.9 Å². The molecule has 1 heterocycles. The summed E-state index contributed by atoms with van der Waals surface area (Å²) in [6.07, 6.45) is 0. The molecule has 0 aliphatic heterocycles. The van der Waals surface area contributed by atoms with Crippen LogP contribution in [0, 0.1) is 6.92 Å². The Kier molecular flexibility index (Phi) is 2.72. The van der Waals surface area contributed by atoms with Gasteiger partial charge < -0.3 is 10.4 Å². The number of aryl methyl sites for hydroxylation is 2. The van der Waals surface area contributed by atoms with Gasteiger partial charge in [0.05, 0.1) is 19.3 Å². The SMILES string of the molecule is Cc1ccc(O)c(NCc2nnn(C)n2)c1. The molecule has 0 radical (unpaired) electrons. The smallest absolute Gasteiger partial charge is 0.193 e. The summed E-state index contributed by atoms with van der Waals surface area (Å²) in [4.78, 5) is 1.40. The van der Waals surface area contributed by atoms with Crippen LogP contribution in [0.5, 0.6) is 5.75 Å². The number of tetrazole rings is 1. The van der Waals surface area contributed by atoms with E-state index in [0.717, 1.165) is 5.56 Å². The fourth-order valence-corrected chi connectivity index (χ4v) is 1.36. The zero-order valence-corrected chi connectivity index (χ0v) is 9.18. The van der Waals surface area contributed by atoms with E-state index >= 15 is 0 Å². The number of anilines is 1. The summed E-state index contributed by atoms with van der Waals surface area (Å²) >= 11 is 0. The molecular formula is C10H13N5O. The number of nitrogens with zero attached hydrogens (tertiary/aromatic N) is 4. The second kappa shape index (κ2) is 4.18. The molecule has 0 amide bonds. The Balaban J connectivity index is 2.07. The van der Waals surface area contributed by atoms with Gasteiger partial charge in [-0.1, -0.05) is 6.07 Å². The highest BCUT2D eigenvalue weighted by Gasteiger charge is 2.03. The largest absolute Gasteiger partial charge is 0.506 e. The fourth-order valence-electron chi connectivity index (χ4n) is 1.36. The molecule has 0 aliphatic carbocycles. The molecule has 0 saturated carbocycles. The van der Waals surface area contributed by atoms with Gasteiger partial charge in [0.15, 0.2) is 5.82 Å². The zero-order chi connectivity index (χ0) is 11.5. The third-order valence-electron chi connectivity index (χ3n) is 2.14. The number of hydrogen-bond donors (Lipinski definition) is 2. The van der Waals surface area contributed by atoms with E-state index in [4.69, 9.17) is 0 Å². The van der Waals surface area contributed by atoms with Crippen molar-refractivity contribution in [3.05, 3.63) is 29.6 Å². The number of aromatic nitrogens is 4. The molecule has 2 rings (SSSR count). The lowest BCUT2D eigenvalue weighted by Crippen LogP contribution is -2.02. The molecule has 1 aromatic heterocycles. The van der Waals surface area contributed by atoms with Gasteiger partial charge in [-0.05, 0) is 29.8 Å². The molecule has 16 heavy (non-hydrogen) atoms. The Morgan fingerprint density at radius 2 is 2.25 bits per heavy atom. The van der Waals surface area contributed by atoms with Gasteiger partial charge >= 0.3 is 0 Å². The van der Waals surface area contributed by atoms with Crippen LogP contribution in [0.2, 0.25) is 0 Å². The summed E-state index contributed by atoms with van der Waals surface area (Å²) in [5.74, 6) is 0.804. The molecule has 0 unspecified atom stereocenters. The Morgan fingerprint density at radius 1 is 1.44 bits per heavy atom. The van der Waals surface area contributed by atoms with E-state index in [1.807, 2.05) is 19.1 Å². The van der Waals surface area contributed by atoms with Crippen LogP contribution in [0.4, 0.5) is 5.69 Å². The highest BCUT2D eigenvalue weighted by Crippen LogP contribution is 2.23. The number of nitrogens with one attached hydrogen (secondary N) is 1. The first kappa shape index (κ1) is 10.4. The van der Waals surface area contributed by atoms with E-state index in [1.165, 1.54) is 4.80 Å². The first-order chi connectivity index (χ1) is 7.65. The lowest BCUT2D eigenvalue weighted by Gasteiger charge is -2.06. The van der Waals surface area contributed by atoms with Crippen molar-refractivity contribution in [2.45, 2.75) is 13.5 Å².